The van der Waals surface area contributed by atoms with Crippen molar-refractivity contribution in [2.24, 2.45) is 5.41 Å². The summed E-state index contributed by atoms with van der Waals surface area (Å²) in [6, 6.07) is 7.14. The van der Waals surface area contributed by atoms with E-state index in [2.05, 4.69) is 0 Å². The molecule has 1 aliphatic rings. The fraction of sp³-hybridized carbons (Fsp3) is 0.524. The monoisotopic (exact) mass is 375 g/mol. The maximum absolute atomic E-state index is 11.6. The molecule has 3 unspecified atom stereocenters. The van der Waals surface area contributed by atoms with Crippen LogP contribution in [0.5, 0.6) is 0 Å². The Kier molecular flexibility index (Phi) is 6.65. The first-order chi connectivity index (χ1) is 12.6. The van der Waals surface area contributed by atoms with E-state index in [1.807, 2.05) is 45.0 Å². The minimum Gasteiger partial charge on any atom is -0.465 e. The highest BCUT2D eigenvalue weighted by molar-refractivity contribution is 5.87. The van der Waals surface area contributed by atoms with Crippen LogP contribution in [0, 0.1) is 5.41 Å². The number of carbonyl (C=O) groups is 2. The fourth-order valence-corrected chi connectivity index (χ4v) is 3.76. The summed E-state index contributed by atoms with van der Waals surface area (Å²) >= 11 is 0. The van der Waals surface area contributed by atoms with Gasteiger partial charge in [0.1, 0.15) is 0 Å². The van der Waals surface area contributed by atoms with E-state index in [0.29, 0.717) is 19.6 Å². The summed E-state index contributed by atoms with van der Waals surface area (Å²) in [4.78, 5) is 24.3. The zero-order valence-electron chi connectivity index (χ0n) is 16.4. The number of aliphatic hydroxyl groups is 1. The molecular formula is C21H29NO5. The zero-order chi connectivity index (χ0) is 20.2. The van der Waals surface area contributed by atoms with Gasteiger partial charge in [-0.2, -0.15) is 0 Å². The Hall–Kier alpha value is -2.34. The average molecular weight is 375 g/mol. The number of rotatable bonds is 4. The van der Waals surface area contributed by atoms with Crippen molar-refractivity contribution in [3.8, 4) is 0 Å². The van der Waals surface area contributed by atoms with Gasteiger partial charge in [0.2, 0.25) is 0 Å². The third-order valence-corrected chi connectivity index (χ3v) is 4.95. The second kappa shape index (κ2) is 8.57. The van der Waals surface area contributed by atoms with Crippen LogP contribution in [0.15, 0.2) is 30.3 Å². The number of likely N-dealkylation sites (tertiary alicyclic amines) is 1. The molecule has 1 aromatic carbocycles. The van der Waals surface area contributed by atoms with Crippen molar-refractivity contribution < 1.29 is 24.5 Å². The van der Waals surface area contributed by atoms with Crippen molar-refractivity contribution in [1.29, 1.82) is 0 Å². The van der Waals surface area contributed by atoms with Gasteiger partial charge < -0.3 is 19.8 Å². The molecule has 6 nitrogen and oxygen atoms in total. The van der Waals surface area contributed by atoms with Crippen LogP contribution in [0.25, 0.3) is 6.08 Å². The number of ether oxygens (including phenoxy) is 1. The van der Waals surface area contributed by atoms with Crippen molar-refractivity contribution in [3.05, 3.63) is 41.5 Å². The summed E-state index contributed by atoms with van der Waals surface area (Å²) in [5, 5.41) is 20.5. The minimum atomic E-state index is -0.994. The van der Waals surface area contributed by atoms with Gasteiger partial charge in [0.15, 0.2) is 0 Å². The number of carboxylic acid groups (broad SMARTS) is 1. The summed E-state index contributed by atoms with van der Waals surface area (Å²) in [7, 11) is 0. The van der Waals surface area contributed by atoms with Gasteiger partial charge in [-0.25, -0.2) is 9.59 Å². The molecule has 1 aromatic rings. The smallest absolute Gasteiger partial charge is 0.407 e. The van der Waals surface area contributed by atoms with Crippen molar-refractivity contribution in [1.82, 2.24) is 4.90 Å². The molecule has 0 saturated carbocycles. The van der Waals surface area contributed by atoms with Crippen LogP contribution < -0.4 is 0 Å². The normalized spacial score (nSPS) is 23.4. The van der Waals surface area contributed by atoms with E-state index in [1.54, 1.807) is 13.0 Å². The highest BCUT2D eigenvalue weighted by Crippen LogP contribution is 2.39. The lowest BCUT2D eigenvalue weighted by Crippen LogP contribution is -2.58. The summed E-state index contributed by atoms with van der Waals surface area (Å²) in [5.41, 5.74) is 1.45. The molecule has 2 N–H and O–H groups in total. The SMILES string of the molecule is CCOC(=O)C=Cc1ccc(C2CCN(C(=O)O)C(C(C)(C)C)C2O)cc1. The van der Waals surface area contributed by atoms with Crippen LogP contribution in [0.1, 0.15) is 51.2 Å². The largest absolute Gasteiger partial charge is 0.465 e. The maximum atomic E-state index is 11.6. The van der Waals surface area contributed by atoms with Crippen molar-refractivity contribution in [2.45, 2.75) is 52.2 Å². The number of esters is 1. The summed E-state index contributed by atoms with van der Waals surface area (Å²) in [6.45, 7) is 8.33. The van der Waals surface area contributed by atoms with Gasteiger partial charge in [0.25, 0.3) is 0 Å². The molecule has 1 saturated heterocycles. The minimum absolute atomic E-state index is 0.132. The third-order valence-electron chi connectivity index (χ3n) is 4.95. The molecule has 6 heteroatoms. The van der Waals surface area contributed by atoms with Crippen LogP contribution in [0.3, 0.4) is 0 Å². The van der Waals surface area contributed by atoms with Crippen LogP contribution in [0.2, 0.25) is 0 Å². The first-order valence-electron chi connectivity index (χ1n) is 9.27. The van der Waals surface area contributed by atoms with Gasteiger partial charge in [0, 0.05) is 18.5 Å². The molecule has 0 radical (unpaired) electrons. The average Bonchev–Trinajstić information content (AvgIpc) is 2.59. The molecule has 3 atom stereocenters. The molecule has 1 amide bonds. The molecule has 0 aromatic heterocycles. The van der Waals surface area contributed by atoms with Crippen LogP contribution in [-0.4, -0.2) is 52.5 Å². The van der Waals surface area contributed by atoms with E-state index in [9.17, 15) is 19.8 Å². The van der Waals surface area contributed by atoms with Crippen LogP contribution in [0.4, 0.5) is 4.79 Å². The molecular weight excluding hydrogens is 346 g/mol. The lowest BCUT2D eigenvalue weighted by molar-refractivity contribution is -0.137. The Morgan fingerprint density at radius 1 is 1.26 bits per heavy atom. The number of aliphatic hydroxyl groups excluding tert-OH is 1. The number of amides is 1. The quantitative estimate of drug-likeness (QED) is 0.621. The molecule has 0 aliphatic carbocycles. The van der Waals surface area contributed by atoms with Crippen LogP contribution in [-0.2, 0) is 9.53 Å². The molecule has 27 heavy (non-hydrogen) atoms. The topological polar surface area (TPSA) is 87.1 Å². The standard InChI is InChI=1S/C21H29NO5/c1-5-27-17(23)11-8-14-6-9-15(10-7-14)16-12-13-22(20(25)26)19(18(16)24)21(2,3)4/h6-11,16,18-19,24H,5,12-13H2,1-4H3,(H,25,26). The Balaban J connectivity index is 2.18. The molecule has 2 rings (SSSR count). The Bertz CT molecular complexity index is 690. The van der Waals surface area contributed by atoms with E-state index in [-0.39, 0.29) is 17.3 Å². The maximum Gasteiger partial charge on any atom is 0.407 e. The summed E-state index contributed by atoms with van der Waals surface area (Å²) in [6.07, 6.45) is 1.86. The number of nitrogens with zero attached hydrogens (tertiary/aromatic N) is 1. The summed E-state index contributed by atoms with van der Waals surface area (Å²) < 4.78 is 4.86. The first-order valence-corrected chi connectivity index (χ1v) is 9.27. The van der Waals surface area contributed by atoms with Crippen molar-refractivity contribution in [2.75, 3.05) is 13.2 Å². The Morgan fingerprint density at radius 3 is 2.41 bits per heavy atom. The van der Waals surface area contributed by atoms with Crippen LogP contribution >= 0.6 is 0 Å². The molecule has 0 bridgehead atoms. The highest BCUT2D eigenvalue weighted by Gasteiger charge is 2.45. The van der Waals surface area contributed by atoms with E-state index in [1.165, 1.54) is 11.0 Å². The number of hydrogen-bond donors (Lipinski definition) is 2. The van der Waals surface area contributed by atoms with E-state index >= 15 is 0 Å². The number of benzene rings is 1. The second-order valence-corrected chi connectivity index (χ2v) is 7.92. The van der Waals surface area contributed by atoms with E-state index in [0.717, 1.165) is 11.1 Å². The fourth-order valence-electron chi connectivity index (χ4n) is 3.76. The Labute approximate surface area is 160 Å². The zero-order valence-corrected chi connectivity index (χ0v) is 16.4. The molecule has 0 spiro atoms. The lowest BCUT2D eigenvalue weighted by Gasteiger charge is -2.48. The van der Waals surface area contributed by atoms with Crippen molar-refractivity contribution >= 4 is 18.1 Å². The Morgan fingerprint density at radius 2 is 1.89 bits per heavy atom. The predicted octanol–water partition coefficient (Wildman–Crippen LogP) is 3.51. The van der Waals surface area contributed by atoms with Crippen molar-refractivity contribution in [3.63, 3.8) is 0 Å². The first kappa shape index (κ1) is 21.0. The number of hydrogen-bond acceptors (Lipinski definition) is 4. The molecule has 1 aliphatic heterocycles. The van der Waals surface area contributed by atoms with Gasteiger partial charge in [0.05, 0.1) is 18.8 Å². The number of piperidine rings is 1. The second-order valence-electron chi connectivity index (χ2n) is 7.92. The lowest BCUT2D eigenvalue weighted by atomic mass is 9.73. The van der Waals surface area contributed by atoms with Gasteiger partial charge in [-0.3, -0.25) is 0 Å². The number of carbonyl (C=O) groups excluding carboxylic acids is 1. The highest BCUT2D eigenvalue weighted by atomic mass is 16.5. The predicted molar refractivity (Wildman–Crippen MR) is 103 cm³/mol. The third kappa shape index (κ3) is 5.10. The van der Waals surface area contributed by atoms with Gasteiger partial charge in [-0.15, -0.1) is 0 Å². The van der Waals surface area contributed by atoms with E-state index < -0.39 is 18.2 Å². The van der Waals surface area contributed by atoms with Gasteiger partial charge >= 0.3 is 12.1 Å². The molecule has 1 heterocycles. The molecule has 1 fully saturated rings. The van der Waals surface area contributed by atoms with Gasteiger partial charge in [-0.1, -0.05) is 45.0 Å². The molecule has 148 valence electrons. The van der Waals surface area contributed by atoms with E-state index in [4.69, 9.17) is 4.74 Å². The van der Waals surface area contributed by atoms with Gasteiger partial charge in [-0.05, 0) is 36.0 Å². The summed E-state index contributed by atoms with van der Waals surface area (Å²) in [5.74, 6) is -0.515.